The van der Waals surface area contributed by atoms with E-state index in [0.29, 0.717) is 35.5 Å². The normalized spacial score (nSPS) is 14.4. The molecule has 0 radical (unpaired) electrons. The van der Waals surface area contributed by atoms with E-state index in [1.807, 2.05) is 20.8 Å². The van der Waals surface area contributed by atoms with Crippen LogP contribution in [0.5, 0.6) is 5.75 Å². The number of halogens is 1. The van der Waals surface area contributed by atoms with Crippen molar-refractivity contribution in [1.82, 2.24) is 14.9 Å². The summed E-state index contributed by atoms with van der Waals surface area (Å²) in [7, 11) is 0. The van der Waals surface area contributed by atoms with Crippen molar-refractivity contribution in [2.75, 3.05) is 18.4 Å². The lowest BCUT2D eigenvalue weighted by molar-refractivity contribution is 0.109. The van der Waals surface area contributed by atoms with Crippen molar-refractivity contribution >= 4 is 29.7 Å². The van der Waals surface area contributed by atoms with Crippen molar-refractivity contribution in [1.29, 1.82) is 5.41 Å². The number of amides is 1. The van der Waals surface area contributed by atoms with Gasteiger partial charge in [-0.15, -0.1) is 0 Å². The molecular weight excluding hydrogens is 382 g/mol. The highest BCUT2D eigenvalue weighted by atomic mass is 35.5. The average molecular weight is 404 g/mol. The van der Waals surface area contributed by atoms with Crippen molar-refractivity contribution < 1.29 is 9.53 Å². The first kappa shape index (κ1) is 19.9. The summed E-state index contributed by atoms with van der Waals surface area (Å²) >= 11 is 5.89. The summed E-state index contributed by atoms with van der Waals surface area (Å²) in [6, 6.07) is 6.62. The van der Waals surface area contributed by atoms with Gasteiger partial charge in [-0.2, -0.15) is 0 Å². The van der Waals surface area contributed by atoms with Gasteiger partial charge in [0.1, 0.15) is 17.4 Å². The van der Waals surface area contributed by atoms with Crippen LogP contribution in [0.15, 0.2) is 29.1 Å². The van der Waals surface area contributed by atoms with Crippen LogP contribution >= 0.6 is 11.6 Å². The number of likely N-dealkylation sites (tertiary alicyclic amines) is 1. The highest BCUT2D eigenvalue weighted by Gasteiger charge is 2.35. The number of ether oxygens (including phenoxy) is 1. The third-order valence-corrected chi connectivity index (χ3v) is 4.37. The molecule has 0 atom stereocenters. The Morgan fingerprint density at radius 3 is 2.75 bits per heavy atom. The van der Waals surface area contributed by atoms with Gasteiger partial charge in [-0.1, -0.05) is 17.7 Å². The van der Waals surface area contributed by atoms with E-state index in [1.165, 1.54) is 4.90 Å². The Hall–Kier alpha value is -2.87. The SMILES string of the molecule is CC(C)(C)Nc1nc(C2CN(C(=O)Oc3cccc(Cl)c3)C2)[nH]c(=O)c1C=N. The number of H-pyrrole nitrogens is 1. The monoisotopic (exact) mass is 403 g/mol. The van der Waals surface area contributed by atoms with E-state index >= 15 is 0 Å². The van der Waals surface area contributed by atoms with Crippen molar-refractivity contribution in [2.24, 2.45) is 0 Å². The van der Waals surface area contributed by atoms with Crippen LogP contribution in [-0.2, 0) is 0 Å². The summed E-state index contributed by atoms with van der Waals surface area (Å²) < 4.78 is 5.30. The lowest BCUT2D eigenvalue weighted by Gasteiger charge is -2.37. The van der Waals surface area contributed by atoms with Crippen molar-refractivity contribution in [3.05, 3.63) is 51.0 Å². The Morgan fingerprint density at radius 1 is 1.43 bits per heavy atom. The number of aromatic amines is 1. The third kappa shape index (κ3) is 4.51. The maximum atomic E-state index is 12.3. The van der Waals surface area contributed by atoms with Crippen molar-refractivity contribution in [3.63, 3.8) is 0 Å². The summed E-state index contributed by atoms with van der Waals surface area (Å²) in [6.45, 7) is 6.59. The van der Waals surface area contributed by atoms with E-state index in [4.69, 9.17) is 21.7 Å². The van der Waals surface area contributed by atoms with Gasteiger partial charge in [0.25, 0.3) is 5.56 Å². The van der Waals surface area contributed by atoms with Crippen molar-refractivity contribution in [3.8, 4) is 5.75 Å². The molecule has 0 spiro atoms. The number of hydrogen-bond acceptors (Lipinski definition) is 6. The Morgan fingerprint density at radius 2 is 2.14 bits per heavy atom. The first-order valence-corrected chi connectivity index (χ1v) is 9.19. The molecule has 1 aromatic carbocycles. The highest BCUT2D eigenvalue weighted by molar-refractivity contribution is 6.30. The van der Waals surface area contributed by atoms with Gasteiger partial charge in [-0.3, -0.25) is 4.79 Å². The number of anilines is 1. The van der Waals surface area contributed by atoms with Crippen LogP contribution in [0.25, 0.3) is 0 Å². The molecule has 2 heterocycles. The number of carbonyl (C=O) groups excluding carboxylic acids is 1. The Balaban J connectivity index is 1.70. The number of nitrogens with one attached hydrogen (secondary N) is 3. The molecule has 0 unspecified atom stereocenters. The number of hydrogen-bond donors (Lipinski definition) is 3. The van der Waals surface area contributed by atoms with Crippen LogP contribution in [0.4, 0.5) is 10.6 Å². The maximum absolute atomic E-state index is 12.3. The van der Waals surface area contributed by atoms with Gasteiger partial charge in [-0.05, 0) is 39.0 Å². The topological polar surface area (TPSA) is 111 Å². The molecule has 1 aromatic heterocycles. The molecule has 0 aliphatic carbocycles. The third-order valence-electron chi connectivity index (χ3n) is 4.14. The molecule has 1 amide bonds. The molecule has 1 aliphatic rings. The molecule has 0 saturated carbocycles. The molecule has 2 aromatic rings. The molecule has 9 heteroatoms. The maximum Gasteiger partial charge on any atom is 0.415 e. The Kier molecular flexibility index (Phi) is 5.42. The number of nitrogens with zero attached hydrogens (tertiary/aromatic N) is 2. The molecule has 8 nitrogen and oxygen atoms in total. The van der Waals surface area contributed by atoms with Crippen LogP contribution in [0.2, 0.25) is 5.02 Å². The summed E-state index contributed by atoms with van der Waals surface area (Å²) in [5.74, 6) is 1.11. The second-order valence-electron chi connectivity index (χ2n) is 7.66. The molecule has 28 heavy (non-hydrogen) atoms. The van der Waals surface area contributed by atoms with E-state index in [2.05, 4.69) is 15.3 Å². The zero-order valence-corrected chi connectivity index (χ0v) is 16.6. The Bertz CT molecular complexity index is 961. The number of benzene rings is 1. The molecule has 1 aliphatic heterocycles. The molecule has 3 N–H and O–H groups in total. The minimum absolute atomic E-state index is 0.111. The van der Waals surface area contributed by atoms with Gasteiger partial charge in [-0.25, -0.2) is 9.78 Å². The largest absolute Gasteiger partial charge is 0.415 e. The lowest BCUT2D eigenvalue weighted by atomic mass is 9.99. The summed E-state index contributed by atoms with van der Waals surface area (Å²) in [6.07, 6.45) is 0.504. The fourth-order valence-corrected chi connectivity index (χ4v) is 2.95. The molecule has 0 bridgehead atoms. The first-order valence-electron chi connectivity index (χ1n) is 8.81. The van der Waals surface area contributed by atoms with E-state index in [-0.39, 0.29) is 22.6 Å². The summed E-state index contributed by atoms with van der Waals surface area (Å²) in [5, 5.41) is 11.1. The highest BCUT2D eigenvalue weighted by Crippen LogP contribution is 2.27. The van der Waals surface area contributed by atoms with Crippen LogP contribution in [0.1, 0.15) is 38.1 Å². The van der Waals surface area contributed by atoms with Gasteiger partial charge in [0.15, 0.2) is 0 Å². The van der Waals surface area contributed by atoms with Gasteiger partial charge in [0, 0.05) is 29.9 Å². The van der Waals surface area contributed by atoms with E-state index in [0.717, 1.165) is 6.21 Å². The number of rotatable bonds is 4. The van der Waals surface area contributed by atoms with Crippen LogP contribution in [-0.4, -0.2) is 45.8 Å². The molecule has 1 fully saturated rings. The Labute approximate surface area is 167 Å². The zero-order valence-electron chi connectivity index (χ0n) is 15.9. The minimum Gasteiger partial charge on any atom is -0.410 e. The van der Waals surface area contributed by atoms with E-state index in [9.17, 15) is 9.59 Å². The fourth-order valence-electron chi connectivity index (χ4n) is 2.77. The molecule has 148 valence electrons. The average Bonchev–Trinajstić information content (AvgIpc) is 2.51. The second kappa shape index (κ2) is 7.63. The molecular formula is C19H22ClN5O3. The predicted octanol–water partition coefficient (Wildman–Crippen LogP) is 3.23. The second-order valence-corrected chi connectivity index (χ2v) is 8.10. The summed E-state index contributed by atoms with van der Waals surface area (Å²) in [5.41, 5.74) is -0.524. The van der Waals surface area contributed by atoms with E-state index in [1.54, 1.807) is 24.3 Å². The number of aromatic nitrogens is 2. The van der Waals surface area contributed by atoms with Gasteiger partial charge in [0.05, 0.1) is 11.5 Å². The molecule has 1 saturated heterocycles. The zero-order chi connectivity index (χ0) is 20.5. The van der Waals surface area contributed by atoms with Gasteiger partial charge >= 0.3 is 6.09 Å². The lowest BCUT2D eigenvalue weighted by Crippen LogP contribution is -2.50. The predicted molar refractivity (Wildman–Crippen MR) is 108 cm³/mol. The quantitative estimate of drug-likeness (QED) is 0.678. The standard InChI is InChI=1S/C19H22ClN5O3/c1-19(2,3)24-16-14(8-21)17(26)23-15(22-16)11-9-25(10-11)18(27)28-13-6-4-5-12(20)7-13/h4-8,11,21H,9-10H2,1-3H3,(H2,22,23,24,26). The minimum atomic E-state index is -0.481. The van der Waals surface area contributed by atoms with Crippen molar-refractivity contribution in [2.45, 2.75) is 32.2 Å². The van der Waals surface area contributed by atoms with Gasteiger partial charge in [0.2, 0.25) is 0 Å². The first-order chi connectivity index (χ1) is 13.2. The van der Waals surface area contributed by atoms with Crippen LogP contribution < -0.4 is 15.6 Å². The van der Waals surface area contributed by atoms with Crippen LogP contribution in [0.3, 0.4) is 0 Å². The molecule has 3 rings (SSSR count). The fraction of sp³-hybridized carbons (Fsp3) is 0.368. The number of carbonyl (C=O) groups is 1. The van der Waals surface area contributed by atoms with Gasteiger partial charge < -0.3 is 25.3 Å². The van der Waals surface area contributed by atoms with Crippen LogP contribution in [0, 0.1) is 5.41 Å². The smallest absolute Gasteiger partial charge is 0.410 e. The van der Waals surface area contributed by atoms with E-state index < -0.39 is 6.09 Å². The summed E-state index contributed by atoms with van der Waals surface area (Å²) in [4.78, 5) is 33.3.